The number of ether oxygens (including phenoxy) is 1. The highest BCUT2D eigenvalue weighted by atomic mass is 32.2. The van der Waals surface area contributed by atoms with Crippen LogP contribution in [0.1, 0.15) is 19.5 Å². The van der Waals surface area contributed by atoms with E-state index in [1.165, 1.54) is 12.1 Å². The molecule has 19 heavy (non-hydrogen) atoms. The van der Waals surface area contributed by atoms with Crippen molar-refractivity contribution in [3.05, 3.63) is 17.8 Å². The van der Waals surface area contributed by atoms with Gasteiger partial charge in [-0.05, 0) is 32.9 Å². The average molecular weight is 289 g/mol. The van der Waals surface area contributed by atoms with E-state index in [1.54, 1.807) is 25.5 Å². The number of aryl methyl sites for hydroxylation is 1. The molecule has 0 fully saturated rings. The Labute approximate surface area is 111 Å². The van der Waals surface area contributed by atoms with Gasteiger partial charge in [-0.15, -0.1) is 0 Å². The summed E-state index contributed by atoms with van der Waals surface area (Å²) in [6.07, 6.45) is -1.57. The first kappa shape index (κ1) is 15.0. The highest BCUT2D eigenvalue weighted by Crippen LogP contribution is 2.20. The van der Waals surface area contributed by atoms with Gasteiger partial charge in [0, 0.05) is 5.69 Å². The number of hydrogen-bond donors (Lipinski definition) is 3. The number of nitrogens with one attached hydrogen (secondary N) is 2. The van der Waals surface area contributed by atoms with Crippen molar-refractivity contribution in [3.63, 3.8) is 0 Å². The number of carbonyl (C=O) groups is 1. The zero-order chi connectivity index (χ0) is 14.6. The van der Waals surface area contributed by atoms with Crippen LogP contribution in [-0.4, -0.2) is 30.7 Å². The van der Waals surface area contributed by atoms with Gasteiger partial charge in [0.2, 0.25) is 0 Å². The van der Waals surface area contributed by atoms with Gasteiger partial charge in [0.15, 0.2) is 11.6 Å². The fourth-order valence-corrected chi connectivity index (χ4v) is 1.85. The minimum atomic E-state index is -4.22. The molecule has 0 saturated carbocycles. The van der Waals surface area contributed by atoms with Crippen LogP contribution in [0, 0.1) is 6.92 Å². The highest BCUT2D eigenvalue weighted by Gasteiger charge is 2.18. The van der Waals surface area contributed by atoms with Gasteiger partial charge >= 0.3 is 16.3 Å². The van der Waals surface area contributed by atoms with Crippen molar-refractivity contribution in [1.82, 2.24) is 9.71 Å². The zero-order valence-corrected chi connectivity index (χ0v) is 11.5. The molecule has 1 heterocycles. The summed E-state index contributed by atoms with van der Waals surface area (Å²) in [5, 5.41) is 9.44. The maximum Gasteiger partial charge on any atom is 0.422 e. The van der Waals surface area contributed by atoms with Crippen LogP contribution in [0.3, 0.4) is 0 Å². The van der Waals surface area contributed by atoms with Crippen LogP contribution in [0.15, 0.2) is 12.1 Å². The second-order valence-electron chi connectivity index (χ2n) is 3.98. The lowest BCUT2D eigenvalue weighted by atomic mass is 10.3. The van der Waals surface area contributed by atoms with Crippen molar-refractivity contribution in [1.29, 1.82) is 0 Å². The van der Waals surface area contributed by atoms with Crippen molar-refractivity contribution in [2.75, 3.05) is 4.72 Å². The number of aromatic nitrogens is 1. The van der Waals surface area contributed by atoms with Crippen molar-refractivity contribution in [2.24, 2.45) is 0 Å². The van der Waals surface area contributed by atoms with Crippen LogP contribution < -0.4 is 9.44 Å². The number of nitrogens with zero attached hydrogens (tertiary/aromatic N) is 1. The fourth-order valence-electron chi connectivity index (χ4n) is 1.13. The van der Waals surface area contributed by atoms with Crippen molar-refractivity contribution < 1.29 is 23.1 Å². The number of carbonyl (C=O) groups excluding carboxylic acids is 1. The third-order valence-electron chi connectivity index (χ3n) is 1.80. The summed E-state index contributed by atoms with van der Waals surface area (Å²) >= 11 is 0. The molecule has 0 bridgehead atoms. The molecule has 0 unspecified atom stereocenters. The van der Waals surface area contributed by atoms with Gasteiger partial charge in [0.1, 0.15) is 0 Å². The summed E-state index contributed by atoms with van der Waals surface area (Å²) < 4.78 is 31.4. The summed E-state index contributed by atoms with van der Waals surface area (Å²) in [7, 11) is -4.22. The number of rotatable bonds is 4. The lowest BCUT2D eigenvalue weighted by molar-refractivity contribution is 0.121. The quantitative estimate of drug-likeness (QED) is 0.757. The molecule has 1 aromatic heterocycles. The maximum absolute atomic E-state index is 11.6. The first-order valence-electron chi connectivity index (χ1n) is 5.37. The smallest absolute Gasteiger partial charge is 0.422 e. The lowest BCUT2D eigenvalue weighted by Gasteiger charge is -2.11. The molecule has 1 rings (SSSR count). The van der Waals surface area contributed by atoms with E-state index in [-0.39, 0.29) is 11.6 Å². The molecule has 0 atom stereocenters. The summed E-state index contributed by atoms with van der Waals surface area (Å²) in [4.78, 5) is 15.0. The molecule has 0 saturated heterocycles. The van der Waals surface area contributed by atoms with E-state index >= 15 is 0 Å². The molecule has 0 aromatic carbocycles. The van der Waals surface area contributed by atoms with E-state index < -0.39 is 22.4 Å². The van der Waals surface area contributed by atoms with E-state index in [9.17, 15) is 18.3 Å². The van der Waals surface area contributed by atoms with E-state index in [2.05, 4.69) is 9.72 Å². The van der Waals surface area contributed by atoms with Gasteiger partial charge in [0.05, 0.1) is 6.10 Å². The Morgan fingerprint density at radius 1 is 1.42 bits per heavy atom. The van der Waals surface area contributed by atoms with Crippen molar-refractivity contribution >= 4 is 22.1 Å². The Bertz CT molecular complexity index is 571. The van der Waals surface area contributed by atoms with Crippen LogP contribution >= 0.6 is 0 Å². The van der Waals surface area contributed by atoms with E-state index in [1.807, 2.05) is 4.72 Å². The largest absolute Gasteiger partial charge is 0.504 e. The third-order valence-corrected chi connectivity index (χ3v) is 2.70. The van der Waals surface area contributed by atoms with Gasteiger partial charge in [-0.2, -0.15) is 8.42 Å². The molecule has 1 amide bonds. The molecular formula is C10H15N3O5S. The van der Waals surface area contributed by atoms with Crippen molar-refractivity contribution in [2.45, 2.75) is 26.9 Å². The van der Waals surface area contributed by atoms with Gasteiger partial charge < -0.3 is 9.84 Å². The lowest BCUT2D eigenvalue weighted by Crippen LogP contribution is -2.37. The average Bonchev–Trinajstić information content (AvgIpc) is 2.20. The molecule has 106 valence electrons. The molecule has 0 radical (unpaired) electrons. The Balaban J connectivity index is 2.80. The van der Waals surface area contributed by atoms with Crippen LogP contribution in [0.5, 0.6) is 5.75 Å². The van der Waals surface area contributed by atoms with Crippen LogP contribution in [-0.2, 0) is 14.9 Å². The SMILES string of the molecule is Cc1ccc(O)c(NS(=O)(=O)NC(=O)OC(C)C)n1. The van der Waals surface area contributed by atoms with E-state index in [4.69, 9.17) is 0 Å². The van der Waals surface area contributed by atoms with Crippen molar-refractivity contribution in [3.8, 4) is 5.75 Å². The van der Waals surface area contributed by atoms with Gasteiger partial charge in [-0.25, -0.2) is 19.2 Å². The Kier molecular flexibility index (Phi) is 4.54. The summed E-state index contributed by atoms with van der Waals surface area (Å²) in [5.41, 5.74) is 0.500. The Morgan fingerprint density at radius 3 is 2.63 bits per heavy atom. The second kappa shape index (κ2) is 5.74. The molecule has 0 aliphatic carbocycles. The predicted molar refractivity (Wildman–Crippen MR) is 67.9 cm³/mol. The Morgan fingerprint density at radius 2 is 2.05 bits per heavy atom. The number of aromatic hydroxyl groups is 1. The number of amides is 1. The monoisotopic (exact) mass is 289 g/mol. The standard InChI is InChI=1S/C10H15N3O5S/c1-6(2)18-10(15)13-19(16,17)12-9-8(14)5-4-7(3)11-9/h4-6,14H,1-3H3,(H,11,12)(H,13,15). The van der Waals surface area contributed by atoms with E-state index in [0.717, 1.165) is 0 Å². The molecule has 0 aliphatic heterocycles. The highest BCUT2D eigenvalue weighted by molar-refractivity contribution is 7.91. The third kappa shape index (κ3) is 5.00. The normalized spacial score (nSPS) is 11.2. The first-order chi connectivity index (χ1) is 8.69. The number of anilines is 1. The second-order valence-corrected chi connectivity index (χ2v) is 5.40. The maximum atomic E-state index is 11.6. The topological polar surface area (TPSA) is 118 Å². The van der Waals surface area contributed by atoms with Crippen LogP contribution in [0.2, 0.25) is 0 Å². The minimum absolute atomic E-state index is 0.273. The molecule has 1 aromatic rings. The van der Waals surface area contributed by atoms with Crippen LogP contribution in [0.25, 0.3) is 0 Å². The van der Waals surface area contributed by atoms with Crippen LogP contribution in [0.4, 0.5) is 10.6 Å². The van der Waals surface area contributed by atoms with Gasteiger partial charge in [-0.3, -0.25) is 0 Å². The van der Waals surface area contributed by atoms with Gasteiger partial charge in [-0.1, -0.05) is 0 Å². The summed E-state index contributed by atoms with van der Waals surface area (Å²) in [6.45, 7) is 4.78. The molecule has 0 spiro atoms. The summed E-state index contributed by atoms with van der Waals surface area (Å²) in [5.74, 6) is -0.627. The molecule has 0 aliphatic rings. The molecular weight excluding hydrogens is 274 g/mol. The number of pyridine rings is 1. The first-order valence-corrected chi connectivity index (χ1v) is 6.85. The number of hydrogen-bond acceptors (Lipinski definition) is 6. The van der Waals surface area contributed by atoms with E-state index in [0.29, 0.717) is 5.69 Å². The Hall–Kier alpha value is -2.03. The summed E-state index contributed by atoms with van der Waals surface area (Å²) in [6, 6.07) is 2.79. The molecule has 9 heteroatoms. The minimum Gasteiger partial charge on any atom is -0.504 e. The molecule has 8 nitrogen and oxygen atoms in total. The van der Waals surface area contributed by atoms with Gasteiger partial charge in [0.25, 0.3) is 0 Å². The zero-order valence-electron chi connectivity index (χ0n) is 10.7. The fraction of sp³-hybridized carbons (Fsp3) is 0.400. The molecule has 3 N–H and O–H groups in total. The predicted octanol–water partition coefficient (Wildman–Crippen LogP) is 0.887.